The topological polar surface area (TPSA) is 379 Å². The maximum Gasteiger partial charge on any atom is 0.373 e. The van der Waals surface area contributed by atoms with Crippen LogP contribution >= 0.6 is 0 Å². The lowest BCUT2D eigenvalue weighted by molar-refractivity contribution is -0.193. The van der Waals surface area contributed by atoms with E-state index in [-0.39, 0.29) is 150 Å². The number of ether oxygens (including phenoxy) is 3. The summed E-state index contributed by atoms with van der Waals surface area (Å²) >= 11 is 0. The number of carbonyl (C=O) groups is 11. The maximum absolute atomic E-state index is 15.2. The second-order valence-corrected chi connectivity index (χ2v) is 28.9. The zero-order valence-electron chi connectivity index (χ0n) is 65.9. The third-order valence-electron chi connectivity index (χ3n) is 16.5. The Bertz CT molecular complexity index is 2770. The van der Waals surface area contributed by atoms with Gasteiger partial charge in [0.05, 0.1) is 21.3 Å². The van der Waals surface area contributed by atoms with Gasteiger partial charge in [0.25, 0.3) is 0 Å². The quantitative estimate of drug-likeness (QED) is 0.0268. The number of rotatable bonds is 50. The molecule has 0 spiro atoms. The number of benzene rings is 1. The number of hydrogen-bond donors (Lipinski definition) is 4. The highest BCUT2D eigenvalue weighted by atomic mass is 16.5. The van der Waals surface area contributed by atoms with Gasteiger partial charge in [0, 0.05) is 101 Å². The molecule has 4 unspecified atom stereocenters. The molecule has 1 rings (SSSR count). The molecule has 105 heavy (non-hydrogen) atoms. The molecule has 0 heterocycles. The van der Waals surface area contributed by atoms with Crippen molar-refractivity contribution < 1.29 is 95.7 Å². The van der Waals surface area contributed by atoms with E-state index >= 15 is 9.59 Å². The van der Waals surface area contributed by atoms with Crippen LogP contribution in [-0.4, -0.2) is 198 Å². The van der Waals surface area contributed by atoms with Gasteiger partial charge >= 0.3 is 36.4 Å². The van der Waals surface area contributed by atoms with Crippen LogP contribution in [0.2, 0.25) is 0 Å². The van der Waals surface area contributed by atoms with Gasteiger partial charge in [0.15, 0.2) is 0 Å². The van der Waals surface area contributed by atoms with Gasteiger partial charge in [-0.25, -0.2) is 0 Å². The number of amides is 8. The van der Waals surface area contributed by atoms with Crippen LogP contribution in [0.1, 0.15) is 275 Å². The first-order valence-corrected chi connectivity index (χ1v) is 37.3. The molecule has 0 aliphatic heterocycles. The van der Waals surface area contributed by atoms with Gasteiger partial charge in [-0.15, -0.1) is 0 Å². The van der Waals surface area contributed by atoms with E-state index in [1.54, 1.807) is 14.7 Å². The summed E-state index contributed by atoms with van der Waals surface area (Å²) in [5.41, 5.74) is -1.03. The summed E-state index contributed by atoms with van der Waals surface area (Å²) in [6.45, 7) is 23.9. The Morgan fingerprint density at radius 1 is 0.352 bits per heavy atom. The van der Waals surface area contributed by atoms with E-state index in [1.165, 1.54) is 26.2 Å². The molecule has 8 amide bonds. The number of esters is 3. The number of carbonyl (C=O) groups excluding carboxylic acids is 17. The van der Waals surface area contributed by atoms with E-state index in [2.05, 4.69) is 35.1 Å². The predicted molar refractivity (Wildman–Crippen MR) is 391 cm³/mol. The molecule has 4 N–H and O–H groups in total. The van der Waals surface area contributed by atoms with Crippen LogP contribution in [0.3, 0.4) is 0 Å². The lowest BCUT2D eigenvalue weighted by atomic mass is 10.0. The summed E-state index contributed by atoms with van der Waals surface area (Å²) in [7, 11) is 3.95. The van der Waals surface area contributed by atoms with Gasteiger partial charge in [0.2, 0.25) is 47.3 Å². The summed E-state index contributed by atoms with van der Waals surface area (Å²) in [4.78, 5) is 208. The molecule has 0 aliphatic rings. The molecule has 28 nitrogen and oxygen atoms in total. The minimum atomic E-state index is -1.10. The summed E-state index contributed by atoms with van der Waals surface area (Å²) in [6, 6.07) is 5.65. The average molecular weight is 1490 g/mol. The Kier molecular flexibility index (Phi) is 57.3. The summed E-state index contributed by atoms with van der Waals surface area (Å²) in [5, 5.41) is 12.2. The molecule has 0 aliphatic carbocycles. The second-order valence-electron chi connectivity index (χ2n) is 28.9. The molecule has 4 atom stereocenters. The molecular formula is C77H128N8O20. The van der Waals surface area contributed by atoms with Crippen molar-refractivity contribution in [2.24, 2.45) is 0 Å². The molecular weight excluding hydrogens is 1360 g/mol. The van der Waals surface area contributed by atoms with Gasteiger partial charge in [-0.1, -0.05) is 115 Å². The van der Waals surface area contributed by atoms with Gasteiger partial charge in [0.1, 0.15) is 24.2 Å². The number of nitrogens with one attached hydrogen (secondary N) is 4. The zero-order chi connectivity index (χ0) is 80.4. The fraction of sp³-hybridized carbons (Fsp3) is 0.740. The Labute approximate surface area is 624 Å². The molecule has 1 aromatic carbocycles. The normalized spacial score (nSPS) is 12.0. The van der Waals surface area contributed by atoms with Crippen molar-refractivity contribution in [3.63, 3.8) is 0 Å². The predicted octanol–water partition coefficient (Wildman–Crippen LogP) is 9.02. The Morgan fingerprint density at radius 2 is 0.638 bits per heavy atom. The van der Waals surface area contributed by atoms with Crippen LogP contribution in [0.15, 0.2) is 30.3 Å². The molecule has 0 bridgehead atoms. The third-order valence-corrected chi connectivity index (χ3v) is 16.5. The van der Waals surface area contributed by atoms with Gasteiger partial charge in [-0.3, -0.25) is 52.7 Å². The Hall–Kier alpha value is -8.47. The summed E-state index contributed by atoms with van der Waals surface area (Å²) in [6.07, 6.45) is 13.7. The lowest BCUT2D eigenvalue weighted by Gasteiger charge is -2.34. The van der Waals surface area contributed by atoms with E-state index in [4.69, 9.17) is 43.0 Å². The van der Waals surface area contributed by atoms with Crippen molar-refractivity contribution in [1.82, 2.24) is 40.9 Å². The van der Waals surface area contributed by atoms with Crippen LogP contribution in [0.4, 0.5) is 0 Å². The fourth-order valence-corrected chi connectivity index (χ4v) is 11.5. The highest BCUT2D eigenvalue weighted by molar-refractivity contribution is 5.91. The van der Waals surface area contributed by atoms with E-state index in [9.17, 15) is 43.2 Å². The minimum Gasteiger partial charge on any atom is -0.469 e. The molecule has 28 heteroatoms. The standard InChI is InChI=1S/C74H128N8O14.3CO2/c1-16-19-22-31-51-79(58(41-35-47-66(88)95-14)70(92)77-73(7,8)9)61(83)43-29-25-33-54-82(63(85)45-37-44-62(84)80(52-32-23-20-17-2)59(42-36-48-67(89)96-15)71(93)78-74(10,11)12)60(55-56-38-27-24-28-39-56)68(90)75-50-49-64(86)81(53-34-26-30-46-65(87)94-13)57(40-21-18-3)69(91)76-72(4,5)6;3*2-1-3/h24,27-28,38-39,57-60H,16-23,25-26,29-37,40-55H2,1-15H3,(H,75,90)(H,76,91)(H,77,92)(H,78,93);;;. The third kappa shape index (κ3) is 50.6. The molecule has 596 valence electrons. The van der Waals surface area contributed by atoms with E-state index in [0.29, 0.717) is 90.1 Å². The zero-order valence-corrected chi connectivity index (χ0v) is 65.9. The molecule has 0 aromatic heterocycles. The van der Waals surface area contributed by atoms with Crippen molar-refractivity contribution in [3.8, 4) is 0 Å². The van der Waals surface area contributed by atoms with Crippen LogP contribution < -0.4 is 21.3 Å². The first kappa shape index (κ1) is 101. The number of nitrogens with zero attached hydrogens (tertiary/aromatic N) is 4. The minimum absolute atomic E-state index is 0.0612. The number of unbranched alkanes of at least 4 members (excludes halogenated alkanes) is 11. The molecule has 0 fully saturated rings. The van der Waals surface area contributed by atoms with Crippen molar-refractivity contribution in [3.05, 3.63) is 35.9 Å². The number of methoxy groups -OCH3 is 3. The van der Waals surface area contributed by atoms with Crippen LogP contribution in [0.5, 0.6) is 0 Å². The smallest absolute Gasteiger partial charge is 0.373 e. The maximum atomic E-state index is 15.2. The summed E-state index contributed by atoms with van der Waals surface area (Å²) in [5.74, 6) is -3.90. The van der Waals surface area contributed by atoms with Crippen LogP contribution in [0, 0.1) is 0 Å². The lowest BCUT2D eigenvalue weighted by Crippen LogP contribution is -2.55. The van der Waals surface area contributed by atoms with E-state index in [0.717, 1.165) is 50.5 Å². The van der Waals surface area contributed by atoms with Crippen molar-refractivity contribution in [2.75, 3.05) is 54.1 Å². The monoisotopic (exact) mass is 1480 g/mol. The molecule has 0 saturated heterocycles. The van der Waals surface area contributed by atoms with E-state index in [1.807, 2.05) is 99.6 Å². The largest absolute Gasteiger partial charge is 0.469 e. The second kappa shape index (κ2) is 59.7. The molecule has 1 aromatic rings. The Balaban J connectivity index is -0.0000109. The first-order valence-electron chi connectivity index (χ1n) is 37.3. The van der Waals surface area contributed by atoms with Crippen molar-refractivity contribution >= 4 is 83.6 Å². The highest BCUT2D eigenvalue weighted by Crippen LogP contribution is 2.23. The highest BCUT2D eigenvalue weighted by Gasteiger charge is 2.36. The fourth-order valence-electron chi connectivity index (χ4n) is 11.5. The van der Waals surface area contributed by atoms with E-state index < -0.39 is 64.5 Å². The first-order chi connectivity index (χ1) is 49.6. The molecule has 0 radical (unpaired) electrons. The SMILES string of the molecule is CCCCCCN(C(=O)CCCCCN(C(=O)CCCC(=O)N(CCCCCC)C(CCCC(=O)OC)C(=O)NC(C)(C)C)C(Cc1ccccc1)C(=O)NCCC(=O)N(CCCCCC(=O)OC)C(CCCC)C(=O)NC(C)(C)C)C(CCCC(=O)OC)C(=O)NC(C)(C)C.O=C=O.O=C=O.O=C=O. The van der Waals surface area contributed by atoms with Gasteiger partial charge in [-0.05, 0) is 145 Å². The molecule has 0 saturated carbocycles. The van der Waals surface area contributed by atoms with Crippen LogP contribution in [-0.2, 0) is 102 Å². The van der Waals surface area contributed by atoms with Crippen molar-refractivity contribution in [1.29, 1.82) is 0 Å². The Morgan fingerprint density at radius 3 is 0.962 bits per heavy atom. The van der Waals surface area contributed by atoms with Gasteiger partial charge in [-0.2, -0.15) is 28.8 Å². The number of hydrogen-bond acceptors (Lipinski definition) is 20. The average Bonchev–Trinajstić information content (AvgIpc) is 0.875. The van der Waals surface area contributed by atoms with Crippen molar-refractivity contribution in [2.45, 2.75) is 316 Å². The van der Waals surface area contributed by atoms with Crippen LogP contribution in [0.25, 0.3) is 0 Å². The van der Waals surface area contributed by atoms with Gasteiger partial charge < -0.3 is 55.1 Å². The summed E-state index contributed by atoms with van der Waals surface area (Å²) < 4.78 is 14.6.